The fraction of sp³-hybridized carbons (Fsp3) is 0.370. The fourth-order valence-corrected chi connectivity index (χ4v) is 9.45. The molecular formula is C46H55B2ClN8O2. The molecule has 2 atom stereocenters. The average molecular weight is 809 g/mol. The van der Waals surface area contributed by atoms with Crippen molar-refractivity contribution >= 4 is 49.0 Å². The molecule has 2 aromatic carbocycles. The number of aryl methyl sites for hydroxylation is 2. The summed E-state index contributed by atoms with van der Waals surface area (Å²) in [5, 5.41) is 20.7. The molecule has 5 aromatic rings. The molecule has 10 nitrogen and oxygen atoms in total. The molecule has 9 rings (SSSR count). The molecule has 304 valence electrons. The Labute approximate surface area is 355 Å². The molecule has 0 spiro atoms. The number of imidazole rings is 1. The lowest BCUT2D eigenvalue weighted by Gasteiger charge is -2.40. The van der Waals surface area contributed by atoms with E-state index < -0.39 is 14.1 Å². The second-order valence-electron chi connectivity index (χ2n) is 16.3. The van der Waals surface area contributed by atoms with E-state index in [2.05, 4.69) is 97.4 Å². The van der Waals surface area contributed by atoms with Gasteiger partial charge in [-0.2, -0.15) is 0 Å². The van der Waals surface area contributed by atoms with Crippen molar-refractivity contribution in [2.75, 3.05) is 52.4 Å². The van der Waals surface area contributed by atoms with Crippen LogP contribution in [0.25, 0.3) is 23.3 Å². The summed E-state index contributed by atoms with van der Waals surface area (Å²) in [5.41, 5.74) is 13.5. The van der Waals surface area contributed by atoms with Gasteiger partial charge in [0.1, 0.15) is 5.82 Å². The molecule has 5 heterocycles. The number of aromatic nitrogens is 4. The number of fused-ring (bicyclic) bond motifs is 4. The second-order valence-corrected chi connectivity index (χ2v) is 16.7. The molecule has 2 aliphatic heterocycles. The molecule has 0 radical (unpaired) electrons. The van der Waals surface area contributed by atoms with E-state index in [1.165, 1.54) is 50.1 Å². The van der Waals surface area contributed by atoms with Crippen molar-refractivity contribution < 1.29 is 10.0 Å². The van der Waals surface area contributed by atoms with E-state index in [9.17, 15) is 10.0 Å². The van der Waals surface area contributed by atoms with E-state index >= 15 is 0 Å². The highest BCUT2D eigenvalue weighted by Gasteiger charge is 2.35. The highest BCUT2D eigenvalue weighted by molar-refractivity contribution is 6.45. The van der Waals surface area contributed by atoms with Gasteiger partial charge in [-0.15, -0.1) is 0 Å². The van der Waals surface area contributed by atoms with Gasteiger partial charge in [0, 0.05) is 88.7 Å². The van der Waals surface area contributed by atoms with Crippen LogP contribution >= 0.6 is 11.6 Å². The summed E-state index contributed by atoms with van der Waals surface area (Å²) in [6.07, 6.45) is 13.2. The number of halogens is 1. The molecule has 2 aliphatic carbocycles. The van der Waals surface area contributed by atoms with Gasteiger partial charge in [0.15, 0.2) is 0 Å². The summed E-state index contributed by atoms with van der Waals surface area (Å²) in [6, 6.07) is 21.6. The lowest BCUT2D eigenvalue weighted by Crippen LogP contribution is -2.52. The molecule has 2 saturated heterocycles. The maximum atomic E-state index is 10.0. The third-order valence-electron chi connectivity index (χ3n) is 12.6. The van der Waals surface area contributed by atoms with Crippen molar-refractivity contribution in [1.82, 2.24) is 38.9 Å². The van der Waals surface area contributed by atoms with Crippen molar-refractivity contribution in [1.29, 1.82) is 0 Å². The minimum Gasteiger partial charge on any atom is -0.437 e. The van der Waals surface area contributed by atoms with E-state index in [1.54, 1.807) is 0 Å². The van der Waals surface area contributed by atoms with Gasteiger partial charge in [-0.1, -0.05) is 60.5 Å². The third kappa shape index (κ3) is 8.77. The van der Waals surface area contributed by atoms with Gasteiger partial charge in [-0.3, -0.25) is 19.8 Å². The predicted octanol–water partition coefficient (Wildman–Crippen LogP) is 7.08. The number of rotatable bonds is 7. The Morgan fingerprint density at radius 3 is 1.69 bits per heavy atom. The summed E-state index contributed by atoms with van der Waals surface area (Å²) >= 11 is 6.36. The van der Waals surface area contributed by atoms with Gasteiger partial charge in [0.2, 0.25) is 0 Å². The third-order valence-corrected chi connectivity index (χ3v) is 12.8. The summed E-state index contributed by atoms with van der Waals surface area (Å²) in [6.45, 7) is 17.9. The second kappa shape index (κ2) is 18.1. The van der Waals surface area contributed by atoms with E-state index in [4.69, 9.17) is 21.6 Å². The standard InChI is InChI=1S/C25H30BN5O.C21H25BClN3O/c1-18-6-7-22-23(15-18)21(17-30-10-9-27-19(30)2)16-20-5-4-8-28-24(20)25(22)29-11-13-31(14-12-29)26(3)32;1-3-15-13-16-5-4-8-24-20(16)21(18-7-6-17(23)14-19(15)18)25-9-11-26(12-10-25)22(2)27/h4-10,15-16,25,32H,11-14,17H2,1-3H3;4-8,13-14,21,27H,3,9-12H2,1-2H3. The lowest BCUT2D eigenvalue weighted by atomic mass is 9.84. The minimum atomic E-state index is -0.404. The number of hydrogen-bond acceptors (Lipinski definition) is 9. The van der Waals surface area contributed by atoms with Crippen LogP contribution in [-0.2, 0) is 6.54 Å². The Hall–Kier alpha value is -4.39. The molecule has 2 N–H and O–H groups in total. The first-order valence-electron chi connectivity index (χ1n) is 21.1. The Kier molecular flexibility index (Phi) is 12.7. The maximum absolute atomic E-state index is 10.0. The van der Waals surface area contributed by atoms with Gasteiger partial charge in [-0.25, -0.2) is 4.98 Å². The van der Waals surface area contributed by atoms with Crippen LogP contribution in [0.1, 0.15) is 81.6 Å². The van der Waals surface area contributed by atoms with Crippen LogP contribution in [0, 0.1) is 13.8 Å². The van der Waals surface area contributed by atoms with Crippen molar-refractivity contribution in [3.63, 3.8) is 0 Å². The quantitative estimate of drug-likeness (QED) is 0.167. The molecule has 59 heavy (non-hydrogen) atoms. The molecule has 2 fully saturated rings. The summed E-state index contributed by atoms with van der Waals surface area (Å²) < 4.78 is 2.20. The number of nitrogens with zero attached hydrogens (tertiary/aromatic N) is 8. The monoisotopic (exact) mass is 808 g/mol. The molecule has 13 heteroatoms. The number of pyridine rings is 2. The summed E-state index contributed by atoms with van der Waals surface area (Å²) in [5.74, 6) is 1.02. The van der Waals surface area contributed by atoms with Crippen LogP contribution in [0.4, 0.5) is 0 Å². The SMILES string of the molecule is CB(O)N1CCN(C2c3ccc(C)cc3C(Cn3ccnc3C)=Cc3cccnc32)CC1.CCC1=Cc2cccnc2C(N2CCN(B(C)O)CC2)c2ccc(Cl)cc21. The van der Waals surface area contributed by atoms with Crippen LogP contribution in [0.5, 0.6) is 0 Å². The zero-order chi connectivity index (χ0) is 41.2. The Morgan fingerprint density at radius 1 is 0.661 bits per heavy atom. The van der Waals surface area contributed by atoms with Gasteiger partial charge in [0.05, 0.1) is 23.5 Å². The van der Waals surface area contributed by atoms with E-state index in [0.29, 0.717) is 0 Å². The zero-order valence-electron chi connectivity index (χ0n) is 35.0. The Bertz CT molecular complexity index is 2330. The van der Waals surface area contributed by atoms with Crippen molar-refractivity contribution in [2.24, 2.45) is 0 Å². The molecule has 0 amide bonds. The fourth-order valence-electron chi connectivity index (χ4n) is 9.27. The van der Waals surface area contributed by atoms with Crippen molar-refractivity contribution in [3.8, 4) is 0 Å². The van der Waals surface area contributed by atoms with E-state index in [1.807, 2.05) is 63.6 Å². The number of piperazine rings is 2. The van der Waals surface area contributed by atoms with Crippen LogP contribution < -0.4 is 0 Å². The first kappa shape index (κ1) is 41.3. The first-order chi connectivity index (χ1) is 28.6. The van der Waals surface area contributed by atoms with Crippen LogP contribution in [-0.4, -0.2) is 115 Å². The largest absolute Gasteiger partial charge is 0.437 e. The molecular weight excluding hydrogens is 754 g/mol. The summed E-state index contributed by atoms with van der Waals surface area (Å²) in [7, 11) is -0.801. The van der Waals surface area contributed by atoms with E-state index in [-0.39, 0.29) is 12.1 Å². The van der Waals surface area contributed by atoms with Crippen LogP contribution in [0.2, 0.25) is 18.7 Å². The minimum absolute atomic E-state index is 0.0931. The first-order valence-corrected chi connectivity index (χ1v) is 21.5. The number of hydrogen-bond donors (Lipinski definition) is 2. The Balaban J connectivity index is 0.000000167. The molecule has 2 unspecified atom stereocenters. The van der Waals surface area contributed by atoms with Gasteiger partial charge in [-0.05, 0) is 115 Å². The molecule has 0 bridgehead atoms. The van der Waals surface area contributed by atoms with Crippen molar-refractivity contribution in [3.05, 3.63) is 147 Å². The lowest BCUT2D eigenvalue weighted by molar-refractivity contribution is 0.144. The molecule has 0 saturated carbocycles. The maximum Gasteiger partial charge on any atom is 0.376 e. The van der Waals surface area contributed by atoms with E-state index in [0.717, 1.165) is 87.6 Å². The topological polar surface area (TPSA) is 97.0 Å². The number of benzene rings is 2. The highest BCUT2D eigenvalue weighted by Crippen LogP contribution is 2.42. The molecule has 4 aliphatic rings. The normalized spacial score (nSPS) is 19.7. The van der Waals surface area contributed by atoms with Crippen molar-refractivity contribution in [2.45, 2.75) is 59.5 Å². The Morgan fingerprint density at radius 2 is 1.19 bits per heavy atom. The van der Waals surface area contributed by atoms with Gasteiger partial charge < -0.3 is 24.2 Å². The molecule has 3 aromatic heterocycles. The average Bonchev–Trinajstić information content (AvgIpc) is 3.52. The predicted molar refractivity (Wildman–Crippen MR) is 242 cm³/mol. The smallest absolute Gasteiger partial charge is 0.376 e. The van der Waals surface area contributed by atoms with Crippen LogP contribution in [0.3, 0.4) is 0 Å². The highest BCUT2D eigenvalue weighted by atomic mass is 35.5. The van der Waals surface area contributed by atoms with Crippen LogP contribution in [0.15, 0.2) is 85.5 Å². The zero-order valence-corrected chi connectivity index (χ0v) is 35.7. The summed E-state index contributed by atoms with van der Waals surface area (Å²) in [4.78, 5) is 23.4. The van der Waals surface area contributed by atoms with Gasteiger partial charge >= 0.3 is 14.1 Å². The van der Waals surface area contributed by atoms with Gasteiger partial charge in [0.25, 0.3) is 0 Å². The number of allylic oxidation sites excluding steroid dienone is 2.